The Morgan fingerprint density at radius 2 is 2.10 bits per heavy atom. The molecule has 2 rings (SSSR count). The van der Waals surface area contributed by atoms with Crippen LogP contribution in [-0.4, -0.2) is 25.5 Å². The topological polar surface area (TPSA) is 83.5 Å². The zero-order valence-electron chi connectivity index (χ0n) is 12.5. The largest absolute Gasteiger partial charge is 0.477 e. The molecule has 0 amide bonds. The zero-order valence-corrected chi connectivity index (χ0v) is 14.1. The van der Waals surface area contributed by atoms with E-state index in [0.717, 1.165) is 37.0 Å². The number of hydrogen-bond acceptors (Lipinski definition) is 4. The Kier molecular flexibility index (Phi) is 4.46. The molecule has 1 aromatic rings. The standard InChI is InChI=1S/C14H21NO4S2/c1-9-8-11(20-12(9)13(16)17)21(18,19)15-10-6-4-5-7-14(10,2)3/h8,10,15H,4-7H2,1-3H3,(H,16,17). The lowest BCUT2D eigenvalue weighted by molar-refractivity contribution is 0.0701. The predicted molar refractivity (Wildman–Crippen MR) is 82.4 cm³/mol. The van der Waals surface area contributed by atoms with E-state index in [9.17, 15) is 13.2 Å². The molecule has 0 aliphatic heterocycles. The smallest absolute Gasteiger partial charge is 0.346 e. The number of aryl methyl sites for hydroxylation is 1. The molecule has 7 heteroatoms. The lowest BCUT2D eigenvalue weighted by atomic mass is 9.74. The molecule has 1 heterocycles. The molecule has 0 spiro atoms. The summed E-state index contributed by atoms with van der Waals surface area (Å²) in [6, 6.07) is 1.33. The van der Waals surface area contributed by atoms with E-state index in [0.29, 0.717) is 5.56 Å². The second-order valence-electron chi connectivity index (χ2n) is 6.29. The van der Waals surface area contributed by atoms with E-state index in [2.05, 4.69) is 18.6 Å². The van der Waals surface area contributed by atoms with Gasteiger partial charge < -0.3 is 5.11 Å². The van der Waals surface area contributed by atoms with Crippen LogP contribution < -0.4 is 4.72 Å². The van der Waals surface area contributed by atoms with Gasteiger partial charge in [0.15, 0.2) is 0 Å². The minimum atomic E-state index is -3.66. The number of hydrogen-bond donors (Lipinski definition) is 2. The van der Waals surface area contributed by atoms with Crippen LogP contribution in [0.1, 0.15) is 54.8 Å². The van der Waals surface area contributed by atoms with Crippen molar-refractivity contribution in [2.24, 2.45) is 5.41 Å². The van der Waals surface area contributed by atoms with Gasteiger partial charge in [0.2, 0.25) is 10.0 Å². The third-order valence-electron chi connectivity index (χ3n) is 4.16. The average molecular weight is 331 g/mol. The third kappa shape index (κ3) is 3.46. The van der Waals surface area contributed by atoms with Gasteiger partial charge in [-0.15, -0.1) is 11.3 Å². The maximum absolute atomic E-state index is 12.5. The molecule has 2 N–H and O–H groups in total. The summed E-state index contributed by atoms with van der Waals surface area (Å²) in [5.74, 6) is -1.09. The highest BCUT2D eigenvalue weighted by atomic mass is 32.2. The van der Waals surface area contributed by atoms with Crippen LogP contribution in [0.5, 0.6) is 0 Å². The Bertz CT molecular complexity index is 646. The lowest BCUT2D eigenvalue weighted by Crippen LogP contribution is -2.46. The summed E-state index contributed by atoms with van der Waals surface area (Å²) < 4.78 is 27.8. The van der Waals surface area contributed by atoms with Crippen LogP contribution in [0.2, 0.25) is 0 Å². The van der Waals surface area contributed by atoms with Crippen molar-refractivity contribution in [2.75, 3.05) is 0 Å². The van der Waals surface area contributed by atoms with Gasteiger partial charge in [-0.25, -0.2) is 17.9 Å². The minimum Gasteiger partial charge on any atom is -0.477 e. The molecule has 0 aromatic carbocycles. The van der Waals surface area contributed by atoms with Crippen LogP contribution in [0.4, 0.5) is 0 Å². The quantitative estimate of drug-likeness (QED) is 0.888. The van der Waals surface area contributed by atoms with Gasteiger partial charge in [-0.3, -0.25) is 0 Å². The summed E-state index contributed by atoms with van der Waals surface area (Å²) in [4.78, 5) is 11.1. The predicted octanol–water partition coefficient (Wildman–Crippen LogP) is 3.00. The van der Waals surface area contributed by atoms with E-state index in [1.165, 1.54) is 6.07 Å². The van der Waals surface area contributed by atoms with Crippen LogP contribution in [0.25, 0.3) is 0 Å². The Labute approximate surface area is 129 Å². The average Bonchev–Trinajstić information content (AvgIpc) is 2.75. The molecule has 118 valence electrons. The fraction of sp³-hybridized carbons (Fsp3) is 0.643. The fourth-order valence-corrected chi connectivity index (χ4v) is 5.59. The second-order valence-corrected chi connectivity index (χ2v) is 9.28. The molecule has 1 atom stereocenters. The van der Waals surface area contributed by atoms with E-state index < -0.39 is 16.0 Å². The van der Waals surface area contributed by atoms with Gasteiger partial charge in [-0.2, -0.15) is 0 Å². The van der Waals surface area contributed by atoms with Crippen molar-refractivity contribution >= 4 is 27.3 Å². The molecule has 0 radical (unpaired) electrons. The highest BCUT2D eigenvalue weighted by molar-refractivity contribution is 7.91. The summed E-state index contributed by atoms with van der Waals surface area (Å²) in [6.45, 7) is 5.76. The van der Waals surface area contributed by atoms with Crippen molar-refractivity contribution in [3.8, 4) is 0 Å². The van der Waals surface area contributed by atoms with E-state index in [-0.39, 0.29) is 20.5 Å². The minimum absolute atomic E-state index is 0.0761. The van der Waals surface area contributed by atoms with Crippen molar-refractivity contribution in [3.05, 3.63) is 16.5 Å². The van der Waals surface area contributed by atoms with Gasteiger partial charge in [0.25, 0.3) is 0 Å². The first-order valence-corrected chi connectivity index (χ1v) is 9.29. The number of nitrogens with one attached hydrogen (secondary N) is 1. The van der Waals surface area contributed by atoms with Gasteiger partial charge in [0.1, 0.15) is 9.09 Å². The molecule has 0 saturated heterocycles. The van der Waals surface area contributed by atoms with Crippen molar-refractivity contribution in [1.29, 1.82) is 0 Å². The van der Waals surface area contributed by atoms with Gasteiger partial charge in [-0.05, 0) is 36.8 Å². The van der Waals surface area contributed by atoms with E-state index in [1.807, 2.05) is 0 Å². The van der Waals surface area contributed by atoms with Gasteiger partial charge in [0.05, 0.1) is 0 Å². The third-order valence-corrected chi connectivity index (χ3v) is 7.33. The van der Waals surface area contributed by atoms with Gasteiger partial charge >= 0.3 is 5.97 Å². The van der Waals surface area contributed by atoms with Crippen LogP contribution in [0.15, 0.2) is 10.3 Å². The highest BCUT2D eigenvalue weighted by Crippen LogP contribution is 2.36. The van der Waals surface area contributed by atoms with Crippen LogP contribution >= 0.6 is 11.3 Å². The van der Waals surface area contributed by atoms with Crippen LogP contribution in [0.3, 0.4) is 0 Å². The number of carbonyl (C=O) groups is 1. The number of carboxylic acid groups (broad SMARTS) is 1. The number of aromatic carboxylic acids is 1. The lowest BCUT2D eigenvalue weighted by Gasteiger charge is -2.38. The second kappa shape index (κ2) is 5.70. The number of sulfonamides is 1. The molecular weight excluding hydrogens is 310 g/mol. The summed E-state index contributed by atoms with van der Waals surface area (Å²) in [5.41, 5.74) is 0.406. The Morgan fingerprint density at radius 1 is 1.43 bits per heavy atom. The molecule has 1 unspecified atom stereocenters. The Hall–Kier alpha value is -0.920. The van der Waals surface area contributed by atoms with Crippen LogP contribution in [-0.2, 0) is 10.0 Å². The van der Waals surface area contributed by atoms with Crippen molar-refractivity contribution in [3.63, 3.8) is 0 Å². The van der Waals surface area contributed by atoms with E-state index >= 15 is 0 Å². The number of rotatable bonds is 4. The summed E-state index contributed by atoms with van der Waals surface area (Å²) in [6.07, 6.45) is 3.94. The van der Waals surface area contributed by atoms with Crippen molar-refractivity contribution in [1.82, 2.24) is 4.72 Å². The zero-order chi connectivity index (χ0) is 15.8. The first kappa shape index (κ1) is 16.5. The van der Waals surface area contributed by atoms with Crippen molar-refractivity contribution < 1.29 is 18.3 Å². The monoisotopic (exact) mass is 331 g/mol. The molecule has 1 aliphatic rings. The molecule has 21 heavy (non-hydrogen) atoms. The summed E-state index contributed by atoms with van der Waals surface area (Å²) >= 11 is 0.813. The van der Waals surface area contributed by atoms with Gasteiger partial charge in [-0.1, -0.05) is 26.7 Å². The summed E-state index contributed by atoms with van der Waals surface area (Å²) in [7, 11) is -3.66. The molecule has 1 aliphatic carbocycles. The molecule has 0 bridgehead atoms. The van der Waals surface area contributed by atoms with Gasteiger partial charge in [0, 0.05) is 6.04 Å². The molecule has 1 aromatic heterocycles. The summed E-state index contributed by atoms with van der Waals surface area (Å²) in [5, 5.41) is 9.04. The van der Waals surface area contributed by atoms with E-state index in [1.54, 1.807) is 6.92 Å². The highest BCUT2D eigenvalue weighted by Gasteiger charge is 2.36. The van der Waals surface area contributed by atoms with E-state index in [4.69, 9.17) is 5.11 Å². The maximum atomic E-state index is 12.5. The van der Waals surface area contributed by atoms with Crippen molar-refractivity contribution in [2.45, 2.75) is 56.7 Å². The molecule has 5 nitrogen and oxygen atoms in total. The Morgan fingerprint density at radius 3 is 2.62 bits per heavy atom. The maximum Gasteiger partial charge on any atom is 0.346 e. The molecule has 1 fully saturated rings. The Balaban J connectivity index is 2.26. The number of thiophene rings is 1. The number of carboxylic acids is 1. The first-order chi connectivity index (χ1) is 9.63. The first-order valence-electron chi connectivity index (χ1n) is 6.99. The molecule has 1 saturated carbocycles. The normalized spacial score (nSPS) is 22.1. The SMILES string of the molecule is Cc1cc(S(=O)(=O)NC2CCCCC2(C)C)sc1C(=O)O. The fourth-order valence-electron chi connectivity index (χ4n) is 2.76. The van der Waals surface area contributed by atoms with Crippen LogP contribution in [0, 0.1) is 12.3 Å². The molecular formula is C14H21NO4S2.